The maximum absolute atomic E-state index is 13.8. The summed E-state index contributed by atoms with van der Waals surface area (Å²) >= 11 is 0. The molecule has 146 valence electrons. The first kappa shape index (κ1) is 17.3. The van der Waals surface area contributed by atoms with E-state index in [9.17, 15) is 18.0 Å². The lowest BCUT2D eigenvalue weighted by Gasteiger charge is -2.16. The van der Waals surface area contributed by atoms with E-state index in [1.807, 2.05) is 0 Å². The quantitative estimate of drug-likeness (QED) is 0.467. The maximum atomic E-state index is 13.8. The zero-order valence-electron chi connectivity index (χ0n) is 14.8. The molecule has 0 saturated heterocycles. The third kappa shape index (κ3) is 2.42. The molecular formula is C19H12F3N5O2. The topological polar surface area (TPSA) is 88.7 Å². The average molecular weight is 399 g/mol. The largest absolute Gasteiger partial charge is 0.463 e. The molecule has 0 spiro atoms. The van der Waals surface area contributed by atoms with Crippen LogP contribution in [0.1, 0.15) is 5.56 Å². The summed E-state index contributed by atoms with van der Waals surface area (Å²) in [7, 11) is 1.54. The second-order valence-electron chi connectivity index (χ2n) is 6.42. The molecule has 0 fully saturated rings. The molecule has 0 saturated carbocycles. The first-order chi connectivity index (χ1) is 13.9. The lowest BCUT2D eigenvalue weighted by molar-refractivity contribution is -0.136. The Balaban J connectivity index is 2.04. The minimum atomic E-state index is -4.64. The number of H-pyrrole nitrogens is 1. The Morgan fingerprint density at radius 1 is 1.21 bits per heavy atom. The van der Waals surface area contributed by atoms with E-state index in [1.165, 1.54) is 25.6 Å². The van der Waals surface area contributed by atoms with Gasteiger partial charge in [0.05, 0.1) is 40.1 Å². The van der Waals surface area contributed by atoms with Crippen LogP contribution >= 0.6 is 0 Å². The molecule has 3 aromatic heterocycles. The van der Waals surface area contributed by atoms with Crippen LogP contribution in [0.25, 0.3) is 38.5 Å². The molecule has 3 heterocycles. The van der Waals surface area contributed by atoms with Gasteiger partial charge < -0.3 is 9.73 Å². The molecule has 0 radical (unpaired) electrons. The lowest BCUT2D eigenvalue weighted by atomic mass is 10.0. The Morgan fingerprint density at radius 2 is 2.03 bits per heavy atom. The minimum Gasteiger partial charge on any atom is -0.463 e. The number of nitrogens with zero attached hydrogens (tertiary/aromatic N) is 3. The monoisotopic (exact) mass is 399 g/mol. The number of hydrogen-bond donors (Lipinski definition) is 2. The van der Waals surface area contributed by atoms with E-state index in [0.29, 0.717) is 16.6 Å². The van der Waals surface area contributed by atoms with Crippen molar-refractivity contribution in [2.24, 2.45) is 0 Å². The van der Waals surface area contributed by atoms with E-state index < -0.39 is 17.4 Å². The summed E-state index contributed by atoms with van der Waals surface area (Å²) in [6, 6.07) is 7.26. The number of anilines is 1. The molecule has 0 aliphatic rings. The minimum absolute atomic E-state index is 0.000191. The number of benzene rings is 2. The normalized spacial score (nSPS) is 12.3. The summed E-state index contributed by atoms with van der Waals surface area (Å²) in [4.78, 5) is 16.9. The summed E-state index contributed by atoms with van der Waals surface area (Å²) < 4.78 is 47.8. The highest BCUT2D eigenvalue weighted by Crippen LogP contribution is 2.41. The summed E-state index contributed by atoms with van der Waals surface area (Å²) in [6.07, 6.45) is -1.95. The Hall–Kier alpha value is -3.82. The van der Waals surface area contributed by atoms with E-state index in [2.05, 4.69) is 20.5 Å². The highest BCUT2D eigenvalue weighted by molar-refractivity contribution is 6.10. The fraction of sp³-hybridized carbons (Fsp3) is 0.105. The molecule has 0 amide bonds. The number of alkyl halides is 3. The van der Waals surface area contributed by atoms with E-state index >= 15 is 0 Å². The molecule has 2 aromatic carbocycles. The molecule has 7 nitrogen and oxygen atoms in total. The Kier molecular flexibility index (Phi) is 3.48. The molecule has 2 N–H and O–H groups in total. The Morgan fingerprint density at radius 3 is 2.79 bits per heavy atom. The molecule has 0 unspecified atom stereocenters. The standard InChI is InChI=1S/C19H12F3N5O2/c1-23-17-15-14(7-11(19(20,21)22)9-5-6-29-16(9)15)27(18(28)25-17)13-4-2-3-12-10(13)8-24-26-12/h2-8H,1H3,(H,24,26)(H,23,25,28). The number of rotatable bonds is 2. The fourth-order valence-corrected chi connectivity index (χ4v) is 3.62. The predicted octanol–water partition coefficient (Wildman–Crippen LogP) is 4.07. The molecule has 10 heteroatoms. The van der Waals surface area contributed by atoms with Gasteiger partial charge in [0.25, 0.3) is 0 Å². The van der Waals surface area contributed by atoms with Crippen molar-refractivity contribution in [2.45, 2.75) is 6.18 Å². The predicted molar refractivity (Wildman–Crippen MR) is 101 cm³/mol. The molecular weight excluding hydrogens is 387 g/mol. The number of fused-ring (bicyclic) bond motifs is 4. The van der Waals surface area contributed by atoms with Crippen LogP contribution in [-0.4, -0.2) is 26.8 Å². The molecule has 29 heavy (non-hydrogen) atoms. The van der Waals surface area contributed by atoms with E-state index in [0.717, 1.165) is 10.6 Å². The second kappa shape index (κ2) is 5.84. The third-order valence-electron chi connectivity index (χ3n) is 4.84. The van der Waals surface area contributed by atoms with Crippen molar-refractivity contribution in [3.8, 4) is 5.69 Å². The second-order valence-corrected chi connectivity index (χ2v) is 6.42. The number of aromatic nitrogens is 4. The number of furan rings is 1. The number of hydrogen-bond acceptors (Lipinski definition) is 5. The Bertz CT molecular complexity index is 1460. The first-order valence-corrected chi connectivity index (χ1v) is 8.54. The van der Waals surface area contributed by atoms with Crippen molar-refractivity contribution in [3.63, 3.8) is 0 Å². The highest BCUT2D eigenvalue weighted by atomic mass is 19.4. The van der Waals surface area contributed by atoms with Crippen molar-refractivity contribution < 1.29 is 17.6 Å². The van der Waals surface area contributed by atoms with Gasteiger partial charge in [-0.15, -0.1) is 0 Å². The van der Waals surface area contributed by atoms with E-state index in [4.69, 9.17) is 4.42 Å². The summed E-state index contributed by atoms with van der Waals surface area (Å²) in [5, 5.41) is 10.3. The Labute approximate surface area is 159 Å². The van der Waals surface area contributed by atoms with Gasteiger partial charge in [-0.2, -0.15) is 23.3 Å². The van der Waals surface area contributed by atoms with Gasteiger partial charge >= 0.3 is 11.9 Å². The SMILES string of the molecule is CNc1nc(=O)n(-c2cccc3[nH]ncc23)c2cc(C(F)(F)F)c3ccoc3c12. The van der Waals surface area contributed by atoms with Gasteiger partial charge in [-0.05, 0) is 24.3 Å². The van der Waals surface area contributed by atoms with Crippen molar-refractivity contribution in [2.75, 3.05) is 12.4 Å². The van der Waals surface area contributed by atoms with Gasteiger partial charge in [0.2, 0.25) is 0 Å². The fourth-order valence-electron chi connectivity index (χ4n) is 3.62. The van der Waals surface area contributed by atoms with Gasteiger partial charge in [-0.1, -0.05) is 6.07 Å². The van der Waals surface area contributed by atoms with Crippen molar-refractivity contribution in [1.29, 1.82) is 0 Å². The average Bonchev–Trinajstić information content (AvgIpc) is 3.34. The van der Waals surface area contributed by atoms with Crippen LogP contribution in [0, 0.1) is 0 Å². The molecule has 5 rings (SSSR count). The zero-order valence-corrected chi connectivity index (χ0v) is 14.8. The van der Waals surface area contributed by atoms with Crippen LogP contribution < -0.4 is 11.0 Å². The summed E-state index contributed by atoms with van der Waals surface area (Å²) in [5.41, 5.74) is -0.600. The van der Waals surface area contributed by atoms with Gasteiger partial charge in [-0.25, -0.2) is 4.79 Å². The number of halogens is 3. The third-order valence-corrected chi connectivity index (χ3v) is 4.84. The van der Waals surface area contributed by atoms with Crippen LogP contribution in [0.5, 0.6) is 0 Å². The van der Waals surface area contributed by atoms with E-state index in [-0.39, 0.29) is 27.7 Å². The van der Waals surface area contributed by atoms with Crippen molar-refractivity contribution in [1.82, 2.24) is 19.7 Å². The van der Waals surface area contributed by atoms with Crippen molar-refractivity contribution in [3.05, 3.63) is 58.8 Å². The number of nitrogens with one attached hydrogen (secondary N) is 2. The van der Waals surface area contributed by atoms with E-state index in [1.54, 1.807) is 18.2 Å². The van der Waals surface area contributed by atoms with Gasteiger partial charge in [0.1, 0.15) is 11.4 Å². The van der Waals surface area contributed by atoms with Crippen molar-refractivity contribution >= 4 is 38.6 Å². The van der Waals surface area contributed by atoms with Gasteiger partial charge in [0.15, 0.2) is 0 Å². The summed E-state index contributed by atoms with van der Waals surface area (Å²) in [5.74, 6) is 0.134. The smallest absolute Gasteiger partial charge is 0.417 e. The van der Waals surface area contributed by atoms with Crippen LogP contribution in [0.2, 0.25) is 0 Å². The van der Waals surface area contributed by atoms with Crippen LogP contribution in [0.3, 0.4) is 0 Å². The molecule has 0 bridgehead atoms. The summed E-state index contributed by atoms with van der Waals surface area (Å²) in [6.45, 7) is 0. The first-order valence-electron chi connectivity index (χ1n) is 8.54. The number of aromatic amines is 1. The van der Waals surface area contributed by atoms with Crippen LogP contribution in [0.4, 0.5) is 19.0 Å². The zero-order chi connectivity index (χ0) is 20.3. The molecule has 0 aliphatic heterocycles. The highest BCUT2D eigenvalue weighted by Gasteiger charge is 2.35. The van der Waals surface area contributed by atoms with Crippen LogP contribution in [0.15, 0.2) is 52.0 Å². The maximum Gasteiger partial charge on any atom is 0.417 e. The van der Waals surface area contributed by atoms with Gasteiger partial charge in [-0.3, -0.25) is 9.67 Å². The molecule has 5 aromatic rings. The van der Waals surface area contributed by atoms with Crippen LogP contribution in [-0.2, 0) is 6.18 Å². The molecule has 0 aliphatic carbocycles. The lowest BCUT2D eigenvalue weighted by Crippen LogP contribution is -2.24. The van der Waals surface area contributed by atoms with Gasteiger partial charge in [0, 0.05) is 17.8 Å². The molecule has 0 atom stereocenters.